The van der Waals surface area contributed by atoms with Crippen LogP contribution in [0.2, 0.25) is 0 Å². The molecular formula is C9H10N2O2. The monoisotopic (exact) mass is 178 g/mol. The van der Waals surface area contributed by atoms with Gasteiger partial charge < -0.3 is 10.8 Å². The minimum Gasteiger partial charge on any atom is -0.481 e. The van der Waals surface area contributed by atoms with Gasteiger partial charge in [0.15, 0.2) is 0 Å². The molecule has 0 amide bonds. The molecule has 1 fully saturated rings. The number of hydrogen-bond donors (Lipinski definition) is 2. The second kappa shape index (κ2) is 2.73. The third kappa shape index (κ3) is 1.47. The maximum atomic E-state index is 10.6. The standard InChI is InChI=1S/C9H10N2O2/c10-8-2-1-5(4-11-8)6-3-7(6)9(12)13/h1-2,4,6-7H,3H2,(H2,10,11)(H,12,13)/t6-,7+/m0/s1. The highest BCUT2D eigenvalue weighted by Crippen LogP contribution is 2.47. The summed E-state index contributed by atoms with van der Waals surface area (Å²) in [6.45, 7) is 0. The first-order valence-corrected chi connectivity index (χ1v) is 4.12. The zero-order valence-corrected chi connectivity index (χ0v) is 6.97. The van der Waals surface area contributed by atoms with Crippen molar-refractivity contribution in [2.24, 2.45) is 5.92 Å². The summed E-state index contributed by atoms with van der Waals surface area (Å²) in [6, 6.07) is 3.54. The van der Waals surface area contributed by atoms with E-state index >= 15 is 0 Å². The fraction of sp³-hybridized carbons (Fsp3) is 0.333. The van der Waals surface area contributed by atoms with Gasteiger partial charge in [-0.15, -0.1) is 0 Å². The number of anilines is 1. The number of aliphatic carboxylic acids is 1. The highest BCUT2D eigenvalue weighted by molar-refractivity contribution is 5.75. The van der Waals surface area contributed by atoms with Crippen molar-refractivity contribution in [2.45, 2.75) is 12.3 Å². The molecule has 0 saturated heterocycles. The molecule has 4 nitrogen and oxygen atoms in total. The van der Waals surface area contributed by atoms with Crippen LogP contribution in [0, 0.1) is 5.92 Å². The molecule has 1 aromatic heterocycles. The number of nitrogens with zero attached hydrogens (tertiary/aromatic N) is 1. The molecule has 4 heteroatoms. The Morgan fingerprint density at radius 3 is 2.85 bits per heavy atom. The van der Waals surface area contributed by atoms with E-state index in [0.29, 0.717) is 5.82 Å². The number of aromatic nitrogens is 1. The second-order valence-electron chi connectivity index (χ2n) is 3.30. The summed E-state index contributed by atoms with van der Waals surface area (Å²) in [5.74, 6) is -0.325. The molecule has 13 heavy (non-hydrogen) atoms. The SMILES string of the molecule is Nc1ccc([C@@H]2C[C@H]2C(=O)O)cn1. The molecule has 0 radical (unpaired) electrons. The predicted octanol–water partition coefficient (Wildman–Crippen LogP) is 0.852. The van der Waals surface area contributed by atoms with Gasteiger partial charge in [-0.25, -0.2) is 4.98 Å². The van der Waals surface area contributed by atoms with Crippen molar-refractivity contribution >= 4 is 11.8 Å². The van der Waals surface area contributed by atoms with E-state index in [0.717, 1.165) is 12.0 Å². The van der Waals surface area contributed by atoms with Gasteiger partial charge in [0.1, 0.15) is 5.82 Å². The second-order valence-corrected chi connectivity index (χ2v) is 3.30. The van der Waals surface area contributed by atoms with E-state index in [1.807, 2.05) is 6.07 Å². The summed E-state index contributed by atoms with van der Waals surface area (Å²) >= 11 is 0. The van der Waals surface area contributed by atoms with Gasteiger partial charge in [0.2, 0.25) is 0 Å². The van der Waals surface area contributed by atoms with Gasteiger partial charge in [-0.2, -0.15) is 0 Å². The Balaban J connectivity index is 2.12. The Hall–Kier alpha value is -1.58. The molecule has 1 saturated carbocycles. The smallest absolute Gasteiger partial charge is 0.307 e. The number of nitrogen functional groups attached to an aromatic ring is 1. The van der Waals surface area contributed by atoms with Crippen molar-refractivity contribution < 1.29 is 9.90 Å². The Bertz CT molecular complexity index is 334. The molecule has 1 aromatic rings. The number of carboxylic acids is 1. The summed E-state index contributed by atoms with van der Waals surface area (Å²) in [4.78, 5) is 14.5. The first-order valence-electron chi connectivity index (χ1n) is 4.12. The van der Waals surface area contributed by atoms with Crippen molar-refractivity contribution in [3.63, 3.8) is 0 Å². The third-order valence-corrected chi connectivity index (χ3v) is 2.35. The van der Waals surface area contributed by atoms with Crippen LogP contribution < -0.4 is 5.73 Å². The molecule has 0 bridgehead atoms. The quantitative estimate of drug-likeness (QED) is 0.703. The Labute approximate surface area is 75.4 Å². The fourth-order valence-corrected chi connectivity index (χ4v) is 1.47. The Kier molecular flexibility index (Phi) is 1.69. The van der Waals surface area contributed by atoms with Crippen LogP contribution in [0.1, 0.15) is 17.9 Å². The highest BCUT2D eigenvalue weighted by atomic mass is 16.4. The summed E-state index contributed by atoms with van der Waals surface area (Å²) in [5.41, 5.74) is 6.39. The minimum atomic E-state index is -0.721. The summed E-state index contributed by atoms with van der Waals surface area (Å²) in [5, 5.41) is 8.69. The van der Waals surface area contributed by atoms with Gasteiger partial charge in [-0.1, -0.05) is 6.07 Å². The lowest BCUT2D eigenvalue weighted by molar-refractivity contribution is -0.138. The van der Waals surface area contributed by atoms with Crippen LogP contribution in [0.4, 0.5) is 5.82 Å². The van der Waals surface area contributed by atoms with E-state index in [9.17, 15) is 4.79 Å². The maximum Gasteiger partial charge on any atom is 0.307 e. The molecule has 1 aliphatic carbocycles. The number of pyridine rings is 1. The lowest BCUT2D eigenvalue weighted by atomic mass is 10.1. The van der Waals surface area contributed by atoms with Crippen molar-refractivity contribution in [1.29, 1.82) is 0 Å². The van der Waals surface area contributed by atoms with Gasteiger partial charge in [0.05, 0.1) is 5.92 Å². The van der Waals surface area contributed by atoms with Crippen LogP contribution >= 0.6 is 0 Å². The molecule has 1 heterocycles. The number of nitrogens with two attached hydrogens (primary N) is 1. The average Bonchev–Trinajstić information content (AvgIpc) is 2.85. The summed E-state index contributed by atoms with van der Waals surface area (Å²) < 4.78 is 0. The minimum absolute atomic E-state index is 0.144. The van der Waals surface area contributed by atoms with Crippen molar-refractivity contribution in [2.75, 3.05) is 5.73 Å². The summed E-state index contributed by atoms with van der Waals surface area (Å²) in [7, 11) is 0. The van der Waals surface area contributed by atoms with Crippen LogP contribution in [-0.4, -0.2) is 16.1 Å². The van der Waals surface area contributed by atoms with E-state index in [1.165, 1.54) is 0 Å². The molecule has 68 valence electrons. The van der Waals surface area contributed by atoms with Crippen molar-refractivity contribution in [1.82, 2.24) is 4.98 Å². The molecule has 0 aliphatic heterocycles. The molecule has 0 spiro atoms. The molecular weight excluding hydrogens is 168 g/mol. The van der Waals surface area contributed by atoms with E-state index in [-0.39, 0.29) is 11.8 Å². The number of carbonyl (C=O) groups is 1. The van der Waals surface area contributed by atoms with Crippen LogP contribution in [0.25, 0.3) is 0 Å². The molecule has 0 aromatic carbocycles. The third-order valence-electron chi connectivity index (χ3n) is 2.35. The summed E-state index contributed by atoms with van der Waals surface area (Å²) in [6.07, 6.45) is 2.38. The molecule has 3 N–H and O–H groups in total. The number of hydrogen-bond acceptors (Lipinski definition) is 3. The number of carboxylic acid groups (broad SMARTS) is 1. The molecule has 0 unspecified atom stereocenters. The average molecular weight is 178 g/mol. The van der Waals surface area contributed by atoms with Gasteiger partial charge >= 0.3 is 5.97 Å². The van der Waals surface area contributed by atoms with E-state index in [1.54, 1.807) is 12.3 Å². The van der Waals surface area contributed by atoms with Gasteiger partial charge in [0.25, 0.3) is 0 Å². The molecule has 1 aliphatic rings. The molecule has 2 rings (SSSR count). The number of rotatable bonds is 2. The van der Waals surface area contributed by atoms with E-state index < -0.39 is 5.97 Å². The van der Waals surface area contributed by atoms with Crippen molar-refractivity contribution in [3.8, 4) is 0 Å². The largest absolute Gasteiger partial charge is 0.481 e. The molecule has 2 atom stereocenters. The van der Waals surface area contributed by atoms with Crippen LogP contribution in [0.3, 0.4) is 0 Å². The van der Waals surface area contributed by atoms with Crippen molar-refractivity contribution in [3.05, 3.63) is 23.9 Å². The topological polar surface area (TPSA) is 76.2 Å². The lowest BCUT2D eigenvalue weighted by Crippen LogP contribution is -1.99. The zero-order valence-electron chi connectivity index (χ0n) is 6.97. The van der Waals surface area contributed by atoms with E-state index in [4.69, 9.17) is 10.8 Å². The van der Waals surface area contributed by atoms with Crippen LogP contribution in [0.15, 0.2) is 18.3 Å². The maximum absolute atomic E-state index is 10.6. The lowest BCUT2D eigenvalue weighted by Gasteiger charge is -1.97. The first kappa shape index (κ1) is 8.04. The van der Waals surface area contributed by atoms with E-state index in [2.05, 4.69) is 4.98 Å². The normalized spacial score (nSPS) is 25.5. The Morgan fingerprint density at radius 1 is 1.62 bits per heavy atom. The van der Waals surface area contributed by atoms with Crippen LogP contribution in [-0.2, 0) is 4.79 Å². The van der Waals surface area contributed by atoms with Gasteiger partial charge in [0, 0.05) is 6.20 Å². The zero-order chi connectivity index (χ0) is 9.42. The first-order chi connectivity index (χ1) is 6.18. The highest BCUT2D eigenvalue weighted by Gasteiger charge is 2.44. The van der Waals surface area contributed by atoms with Gasteiger partial charge in [-0.3, -0.25) is 4.79 Å². The predicted molar refractivity (Wildman–Crippen MR) is 47.1 cm³/mol. The van der Waals surface area contributed by atoms with Gasteiger partial charge in [-0.05, 0) is 24.0 Å². The van der Waals surface area contributed by atoms with Crippen LogP contribution in [0.5, 0.6) is 0 Å². The fourth-order valence-electron chi connectivity index (χ4n) is 1.47. The Morgan fingerprint density at radius 2 is 2.38 bits per heavy atom.